The van der Waals surface area contributed by atoms with Crippen LogP contribution >= 0.6 is 31.9 Å². The first-order chi connectivity index (χ1) is 12.5. The summed E-state index contributed by atoms with van der Waals surface area (Å²) in [5.41, 5.74) is 0.744. The molecule has 1 aromatic rings. The Labute approximate surface area is 168 Å². The van der Waals surface area contributed by atoms with Gasteiger partial charge in [0.25, 0.3) is 11.8 Å². The van der Waals surface area contributed by atoms with E-state index in [1.807, 2.05) is 12.1 Å². The molecule has 2 amide bonds. The van der Waals surface area contributed by atoms with Crippen LogP contribution in [0.3, 0.4) is 0 Å². The summed E-state index contributed by atoms with van der Waals surface area (Å²) in [7, 11) is 0. The predicted molar refractivity (Wildman–Crippen MR) is 105 cm³/mol. The van der Waals surface area contributed by atoms with E-state index in [1.54, 1.807) is 6.08 Å². The second kappa shape index (κ2) is 6.78. The maximum absolute atomic E-state index is 12.6. The maximum Gasteiger partial charge on any atom is 0.254 e. The first-order valence-electron chi connectivity index (χ1n) is 8.34. The quantitative estimate of drug-likeness (QED) is 0.365. The largest absolute Gasteiger partial charge is 0.487 e. The number of allylic oxidation sites excluding steroid dienone is 2. The Kier molecular flexibility index (Phi) is 4.61. The lowest BCUT2D eigenvalue weighted by Crippen LogP contribution is -2.28. The molecule has 1 heterocycles. The molecule has 0 radical (unpaired) electrons. The second-order valence-corrected chi connectivity index (χ2v) is 8.35. The summed E-state index contributed by atoms with van der Waals surface area (Å²) < 4.78 is 7.07. The third-order valence-corrected chi connectivity index (χ3v) is 6.31. The van der Waals surface area contributed by atoms with E-state index in [0.29, 0.717) is 12.4 Å². The van der Waals surface area contributed by atoms with Gasteiger partial charge >= 0.3 is 0 Å². The van der Waals surface area contributed by atoms with Gasteiger partial charge in [-0.3, -0.25) is 9.59 Å². The molecule has 4 unspecified atom stereocenters. The fraction of sp³-hybridized carbons (Fsp3) is 0.316. The SMILES string of the molecule is C=CCOc1c(Br)cc(C=NN2C(=O)C3C4C=CC(C4)C3C2=O)cc1Br. The fourth-order valence-electron chi connectivity index (χ4n) is 4.06. The van der Waals surface area contributed by atoms with E-state index in [0.717, 1.165) is 25.9 Å². The molecule has 7 heteroatoms. The smallest absolute Gasteiger partial charge is 0.254 e. The first-order valence-corrected chi connectivity index (χ1v) is 9.92. The van der Waals surface area contributed by atoms with Gasteiger partial charge in [0.2, 0.25) is 0 Å². The van der Waals surface area contributed by atoms with E-state index >= 15 is 0 Å². The van der Waals surface area contributed by atoms with Gasteiger partial charge in [-0.05, 0) is 67.8 Å². The molecule has 0 spiro atoms. The number of benzene rings is 1. The lowest BCUT2D eigenvalue weighted by molar-refractivity contribution is -0.140. The number of amides is 2. The number of imide groups is 1. The van der Waals surface area contributed by atoms with Crippen LogP contribution in [-0.2, 0) is 9.59 Å². The van der Waals surface area contributed by atoms with E-state index < -0.39 is 0 Å². The van der Waals surface area contributed by atoms with Gasteiger partial charge in [-0.25, -0.2) is 0 Å². The predicted octanol–water partition coefficient (Wildman–Crippen LogP) is 3.92. The van der Waals surface area contributed by atoms with Crippen molar-refractivity contribution in [2.24, 2.45) is 28.8 Å². The van der Waals surface area contributed by atoms with E-state index in [1.165, 1.54) is 6.21 Å². The van der Waals surface area contributed by atoms with Crippen LogP contribution in [0.4, 0.5) is 0 Å². The van der Waals surface area contributed by atoms with Crippen molar-refractivity contribution in [3.05, 3.63) is 51.4 Å². The molecule has 26 heavy (non-hydrogen) atoms. The minimum atomic E-state index is -0.234. The molecule has 0 N–H and O–H groups in total. The second-order valence-electron chi connectivity index (χ2n) is 6.65. The Balaban J connectivity index is 1.55. The molecule has 2 fully saturated rings. The van der Waals surface area contributed by atoms with E-state index in [2.05, 4.69) is 55.7 Å². The van der Waals surface area contributed by atoms with E-state index in [-0.39, 0.29) is 35.5 Å². The summed E-state index contributed by atoms with van der Waals surface area (Å²) in [6.07, 6.45) is 8.24. The van der Waals surface area contributed by atoms with Gasteiger partial charge in [-0.2, -0.15) is 10.1 Å². The van der Waals surface area contributed by atoms with Gasteiger partial charge in [0, 0.05) is 0 Å². The molecule has 4 rings (SSSR count). The van der Waals surface area contributed by atoms with Gasteiger partial charge in [-0.15, -0.1) is 0 Å². The number of fused-ring (bicyclic) bond motifs is 5. The number of carbonyl (C=O) groups excluding carboxylic acids is 2. The van der Waals surface area contributed by atoms with Crippen molar-refractivity contribution < 1.29 is 14.3 Å². The van der Waals surface area contributed by atoms with Gasteiger partial charge in [0.1, 0.15) is 12.4 Å². The summed E-state index contributed by atoms with van der Waals surface area (Å²) >= 11 is 6.92. The maximum atomic E-state index is 12.6. The number of hydrogen-bond donors (Lipinski definition) is 0. The van der Waals surface area contributed by atoms with Crippen molar-refractivity contribution in [2.45, 2.75) is 6.42 Å². The van der Waals surface area contributed by atoms with Crippen LogP contribution in [0.2, 0.25) is 0 Å². The highest BCUT2D eigenvalue weighted by molar-refractivity contribution is 9.11. The van der Waals surface area contributed by atoms with Crippen LogP contribution in [0.15, 0.2) is 51.0 Å². The summed E-state index contributed by atoms with van der Waals surface area (Å²) in [4.78, 5) is 25.2. The van der Waals surface area contributed by atoms with Gasteiger partial charge in [0.15, 0.2) is 0 Å². The number of ether oxygens (including phenoxy) is 1. The van der Waals surface area contributed by atoms with Gasteiger partial charge in [0.05, 0.1) is 27.0 Å². The lowest BCUT2D eigenvalue weighted by atomic mass is 9.85. The number of hydrogen-bond acceptors (Lipinski definition) is 4. The van der Waals surface area contributed by atoms with Crippen molar-refractivity contribution in [2.75, 3.05) is 6.61 Å². The Morgan fingerprint density at radius 1 is 1.15 bits per heavy atom. The van der Waals surface area contributed by atoms with E-state index in [9.17, 15) is 9.59 Å². The van der Waals surface area contributed by atoms with E-state index in [4.69, 9.17) is 4.74 Å². The molecule has 134 valence electrons. The van der Waals surface area contributed by atoms with Crippen LogP contribution < -0.4 is 4.74 Å². The highest BCUT2D eigenvalue weighted by Crippen LogP contribution is 2.52. The minimum absolute atomic E-state index is 0.183. The Morgan fingerprint density at radius 2 is 1.73 bits per heavy atom. The number of hydrazone groups is 1. The van der Waals surface area contributed by atoms with Crippen LogP contribution in [-0.4, -0.2) is 29.6 Å². The molecule has 0 aromatic heterocycles. The topological polar surface area (TPSA) is 59.0 Å². The minimum Gasteiger partial charge on any atom is -0.487 e. The van der Waals surface area contributed by atoms with Crippen LogP contribution in [0, 0.1) is 23.7 Å². The molecule has 2 bridgehead atoms. The number of rotatable bonds is 5. The molecule has 3 aliphatic rings. The molecule has 1 saturated carbocycles. The Bertz CT molecular complexity index is 811. The molecule has 1 saturated heterocycles. The third-order valence-electron chi connectivity index (χ3n) is 5.14. The monoisotopic (exact) mass is 478 g/mol. The molecular formula is C19H16Br2N2O3. The lowest BCUT2D eigenvalue weighted by Gasteiger charge is -2.13. The molecule has 5 nitrogen and oxygen atoms in total. The summed E-state index contributed by atoms with van der Waals surface area (Å²) in [5, 5.41) is 5.24. The molecule has 4 atom stereocenters. The summed E-state index contributed by atoms with van der Waals surface area (Å²) in [6.45, 7) is 4.02. The van der Waals surface area contributed by atoms with Crippen LogP contribution in [0.1, 0.15) is 12.0 Å². The van der Waals surface area contributed by atoms with Crippen molar-refractivity contribution in [1.29, 1.82) is 0 Å². The molecular weight excluding hydrogens is 464 g/mol. The molecule has 1 aliphatic heterocycles. The van der Waals surface area contributed by atoms with Crippen molar-refractivity contribution in [1.82, 2.24) is 5.01 Å². The Morgan fingerprint density at radius 3 is 2.27 bits per heavy atom. The van der Waals surface area contributed by atoms with Gasteiger partial charge < -0.3 is 4.74 Å². The average Bonchev–Trinajstić information content (AvgIpc) is 3.27. The van der Waals surface area contributed by atoms with Crippen molar-refractivity contribution in [3.8, 4) is 5.75 Å². The van der Waals surface area contributed by atoms with Crippen molar-refractivity contribution >= 4 is 49.9 Å². The zero-order chi connectivity index (χ0) is 18.4. The Hall–Kier alpha value is -1.73. The van der Waals surface area contributed by atoms with Crippen LogP contribution in [0.5, 0.6) is 5.75 Å². The number of nitrogens with zero attached hydrogens (tertiary/aromatic N) is 2. The summed E-state index contributed by atoms with van der Waals surface area (Å²) in [5.74, 6) is 0.199. The number of halogens is 2. The zero-order valence-corrected chi connectivity index (χ0v) is 16.9. The van der Waals surface area contributed by atoms with Crippen LogP contribution in [0.25, 0.3) is 0 Å². The highest BCUT2D eigenvalue weighted by atomic mass is 79.9. The molecule has 1 aromatic carbocycles. The normalized spacial score (nSPS) is 29.1. The zero-order valence-electron chi connectivity index (χ0n) is 13.8. The third kappa shape index (κ3) is 2.77. The van der Waals surface area contributed by atoms with Crippen molar-refractivity contribution in [3.63, 3.8) is 0 Å². The summed E-state index contributed by atoms with van der Waals surface area (Å²) in [6, 6.07) is 3.65. The fourth-order valence-corrected chi connectivity index (χ4v) is 5.51. The molecule has 2 aliphatic carbocycles. The number of carbonyl (C=O) groups is 2. The first kappa shape index (κ1) is 17.7. The average molecular weight is 480 g/mol. The van der Waals surface area contributed by atoms with Gasteiger partial charge in [-0.1, -0.05) is 24.8 Å². The highest BCUT2D eigenvalue weighted by Gasteiger charge is 2.59. The standard InChI is InChI=1S/C19H16Br2N2O3/c1-2-5-26-17-13(20)6-10(7-14(17)21)9-22-23-18(24)15-11-3-4-12(8-11)16(15)19(23)25/h2-4,6-7,9,11-12,15-16H,1,5,8H2.